The zero-order valence-corrected chi connectivity index (χ0v) is 12.0. The number of carbonyl (C=O) groups is 1. The first kappa shape index (κ1) is 14.6. The molecule has 6 heteroatoms. The van der Waals surface area contributed by atoms with Crippen LogP contribution in [0.4, 0.5) is 15.8 Å². The van der Waals surface area contributed by atoms with Gasteiger partial charge in [-0.15, -0.1) is 0 Å². The van der Waals surface area contributed by atoms with Crippen LogP contribution in [0.15, 0.2) is 30.3 Å². The van der Waals surface area contributed by atoms with Crippen LogP contribution in [-0.4, -0.2) is 5.91 Å². The Bertz CT molecular complexity index is 689. The van der Waals surface area contributed by atoms with Gasteiger partial charge in [0.15, 0.2) is 0 Å². The topological polar surface area (TPSA) is 55.1 Å². The molecule has 0 spiro atoms. The second-order valence-corrected chi connectivity index (χ2v) is 5.09. The minimum atomic E-state index is -0.575. The third kappa shape index (κ3) is 3.03. The first-order valence-corrected chi connectivity index (χ1v) is 6.46. The number of hydrogen-bond acceptors (Lipinski definition) is 2. The second kappa shape index (κ2) is 5.69. The fourth-order valence-electron chi connectivity index (χ4n) is 1.70. The van der Waals surface area contributed by atoms with Gasteiger partial charge in [-0.1, -0.05) is 29.3 Å². The van der Waals surface area contributed by atoms with Crippen LogP contribution in [-0.2, 0) is 0 Å². The summed E-state index contributed by atoms with van der Waals surface area (Å²) in [7, 11) is 0. The Hall–Kier alpha value is -1.78. The van der Waals surface area contributed by atoms with Gasteiger partial charge >= 0.3 is 0 Å². The summed E-state index contributed by atoms with van der Waals surface area (Å²) < 4.78 is 13.6. The smallest absolute Gasteiger partial charge is 0.257 e. The predicted octanol–water partition coefficient (Wildman–Crippen LogP) is 4.28. The average molecular weight is 313 g/mol. The van der Waals surface area contributed by atoms with Crippen LogP contribution in [0.25, 0.3) is 0 Å². The van der Waals surface area contributed by atoms with Gasteiger partial charge in [-0.25, -0.2) is 4.39 Å². The van der Waals surface area contributed by atoms with Crippen LogP contribution in [0.1, 0.15) is 15.9 Å². The number of rotatable bonds is 2. The van der Waals surface area contributed by atoms with Gasteiger partial charge in [0.25, 0.3) is 5.91 Å². The molecule has 1 amide bonds. The highest BCUT2D eigenvalue weighted by Crippen LogP contribution is 2.29. The molecule has 0 atom stereocenters. The summed E-state index contributed by atoms with van der Waals surface area (Å²) in [6.07, 6.45) is 0. The van der Waals surface area contributed by atoms with Crippen molar-refractivity contribution in [2.75, 3.05) is 11.1 Å². The van der Waals surface area contributed by atoms with Gasteiger partial charge in [-0.05, 0) is 36.8 Å². The third-order valence-electron chi connectivity index (χ3n) is 2.67. The van der Waals surface area contributed by atoms with Gasteiger partial charge in [0, 0.05) is 5.69 Å². The molecule has 104 valence electrons. The highest BCUT2D eigenvalue weighted by atomic mass is 35.5. The number of amides is 1. The summed E-state index contributed by atoms with van der Waals surface area (Å²) in [5, 5.41) is 2.69. The summed E-state index contributed by atoms with van der Waals surface area (Å²) in [5.74, 6) is -1.11. The molecule has 0 saturated carbocycles. The molecular weight excluding hydrogens is 302 g/mol. The molecule has 0 unspecified atom stereocenters. The molecule has 0 heterocycles. The number of nitrogen functional groups attached to an aromatic ring is 1. The lowest BCUT2D eigenvalue weighted by molar-refractivity contribution is 0.102. The van der Waals surface area contributed by atoms with Crippen molar-refractivity contribution < 1.29 is 9.18 Å². The van der Waals surface area contributed by atoms with E-state index in [4.69, 9.17) is 28.9 Å². The molecular formula is C14H11Cl2FN2O. The molecule has 0 aliphatic heterocycles. The summed E-state index contributed by atoms with van der Waals surface area (Å²) in [5.41, 5.74) is 6.90. The van der Waals surface area contributed by atoms with Gasteiger partial charge in [-0.3, -0.25) is 4.79 Å². The van der Waals surface area contributed by atoms with E-state index < -0.39 is 11.7 Å². The Labute approximate surface area is 125 Å². The molecule has 3 N–H and O–H groups in total. The van der Waals surface area contributed by atoms with Crippen LogP contribution in [0.2, 0.25) is 10.0 Å². The van der Waals surface area contributed by atoms with E-state index in [9.17, 15) is 9.18 Å². The quantitative estimate of drug-likeness (QED) is 0.813. The average Bonchev–Trinajstić information content (AvgIpc) is 2.38. The van der Waals surface area contributed by atoms with E-state index in [2.05, 4.69) is 5.32 Å². The number of hydrogen-bond donors (Lipinski definition) is 2. The highest BCUT2D eigenvalue weighted by Gasteiger charge is 2.16. The van der Waals surface area contributed by atoms with Crippen molar-refractivity contribution in [3.05, 3.63) is 57.3 Å². The Morgan fingerprint density at radius 2 is 1.95 bits per heavy atom. The van der Waals surface area contributed by atoms with Gasteiger partial charge < -0.3 is 11.1 Å². The minimum absolute atomic E-state index is 0.0737. The number of anilines is 2. The SMILES string of the molecule is Cc1ccc(F)c(NC(=O)c2cc(N)cc(Cl)c2Cl)c1. The number of carbonyl (C=O) groups excluding carboxylic acids is 1. The lowest BCUT2D eigenvalue weighted by atomic mass is 10.1. The summed E-state index contributed by atoms with van der Waals surface area (Å²) in [6, 6.07) is 7.23. The summed E-state index contributed by atoms with van der Waals surface area (Å²) in [6.45, 7) is 1.79. The van der Waals surface area contributed by atoms with E-state index in [1.54, 1.807) is 13.0 Å². The van der Waals surface area contributed by atoms with E-state index in [1.165, 1.54) is 24.3 Å². The standard InChI is InChI=1S/C14H11Cl2FN2O/c1-7-2-3-11(17)12(4-7)19-14(20)9-5-8(18)6-10(15)13(9)16/h2-6H,18H2,1H3,(H,19,20). The van der Waals surface area contributed by atoms with Crippen molar-refractivity contribution in [3.8, 4) is 0 Å². The maximum atomic E-state index is 13.6. The van der Waals surface area contributed by atoms with E-state index in [0.717, 1.165) is 5.56 Å². The zero-order valence-electron chi connectivity index (χ0n) is 10.5. The van der Waals surface area contributed by atoms with Gasteiger partial charge in [0.05, 0.1) is 21.3 Å². The largest absolute Gasteiger partial charge is 0.399 e. The molecule has 0 aliphatic carbocycles. The van der Waals surface area contributed by atoms with E-state index in [1.807, 2.05) is 0 Å². The van der Waals surface area contributed by atoms with Crippen molar-refractivity contribution in [1.29, 1.82) is 0 Å². The number of benzene rings is 2. The van der Waals surface area contributed by atoms with E-state index in [-0.39, 0.29) is 21.3 Å². The van der Waals surface area contributed by atoms with Crippen molar-refractivity contribution in [3.63, 3.8) is 0 Å². The molecule has 0 aromatic heterocycles. The maximum absolute atomic E-state index is 13.6. The van der Waals surface area contributed by atoms with Crippen LogP contribution in [0.5, 0.6) is 0 Å². The number of aryl methyl sites for hydroxylation is 1. The van der Waals surface area contributed by atoms with Gasteiger partial charge in [0.1, 0.15) is 5.82 Å². The second-order valence-electron chi connectivity index (χ2n) is 4.30. The Morgan fingerprint density at radius 3 is 2.65 bits per heavy atom. The zero-order chi connectivity index (χ0) is 14.9. The normalized spacial score (nSPS) is 10.4. The fraction of sp³-hybridized carbons (Fsp3) is 0.0714. The summed E-state index contributed by atoms with van der Waals surface area (Å²) >= 11 is 11.8. The van der Waals surface area contributed by atoms with E-state index >= 15 is 0 Å². The van der Waals surface area contributed by atoms with E-state index in [0.29, 0.717) is 5.69 Å². The molecule has 0 bridgehead atoms. The van der Waals surface area contributed by atoms with Crippen LogP contribution in [0.3, 0.4) is 0 Å². The molecule has 2 rings (SSSR count). The number of nitrogens with two attached hydrogens (primary N) is 1. The maximum Gasteiger partial charge on any atom is 0.257 e. The molecule has 2 aromatic rings. The van der Waals surface area contributed by atoms with Crippen LogP contribution >= 0.6 is 23.2 Å². The minimum Gasteiger partial charge on any atom is -0.399 e. The fourth-order valence-corrected chi connectivity index (χ4v) is 2.12. The number of nitrogens with one attached hydrogen (secondary N) is 1. The Balaban J connectivity index is 2.35. The number of halogens is 3. The van der Waals surface area contributed by atoms with Crippen molar-refractivity contribution in [1.82, 2.24) is 0 Å². The monoisotopic (exact) mass is 312 g/mol. The van der Waals surface area contributed by atoms with Gasteiger partial charge in [-0.2, -0.15) is 0 Å². The summed E-state index contributed by atoms with van der Waals surface area (Å²) in [4.78, 5) is 12.1. The first-order valence-electron chi connectivity index (χ1n) is 5.70. The molecule has 0 saturated heterocycles. The van der Waals surface area contributed by atoms with Crippen LogP contribution in [0, 0.1) is 12.7 Å². The van der Waals surface area contributed by atoms with Crippen molar-refractivity contribution in [2.45, 2.75) is 6.92 Å². The van der Waals surface area contributed by atoms with Gasteiger partial charge in [0.2, 0.25) is 0 Å². The van der Waals surface area contributed by atoms with Crippen molar-refractivity contribution in [2.24, 2.45) is 0 Å². The van der Waals surface area contributed by atoms with Crippen LogP contribution < -0.4 is 11.1 Å². The lowest BCUT2D eigenvalue weighted by Gasteiger charge is -2.10. The molecule has 3 nitrogen and oxygen atoms in total. The lowest BCUT2D eigenvalue weighted by Crippen LogP contribution is -2.14. The first-order chi connectivity index (χ1) is 9.38. The molecule has 0 aliphatic rings. The Kier molecular flexibility index (Phi) is 4.16. The molecule has 20 heavy (non-hydrogen) atoms. The molecule has 0 radical (unpaired) electrons. The highest BCUT2D eigenvalue weighted by molar-refractivity contribution is 6.44. The van der Waals surface area contributed by atoms with Crippen molar-refractivity contribution >= 4 is 40.5 Å². The Morgan fingerprint density at radius 1 is 1.25 bits per heavy atom. The molecule has 2 aromatic carbocycles. The molecule has 0 fully saturated rings. The predicted molar refractivity (Wildman–Crippen MR) is 80.0 cm³/mol. The third-order valence-corrected chi connectivity index (χ3v) is 3.47.